The minimum absolute atomic E-state index is 0.132. The molecule has 0 aromatic heterocycles. The van der Waals surface area contributed by atoms with E-state index in [-0.39, 0.29) is 17.5 Å². The molecular formula is C20H19F2N3O. The molecule has 0 bridgehead atoms. The van der Waals surface area contributed by atoms with E-state index in [4.69, 9.17) is 0 Å². The van der Waals surface area contributed by atoms with Crippen LogP contribution in [0.2, 0.25) is 0 Å². The standard InChI is InChI=1S/C20H19F2N3O/c1-14-2-4-15(5-3-14)19(13-23)24-8-10-25(11-9-24)20(26)16-6-7-17(21)18(22)12-16/h2-7,12,19H,8-11H2,1H3. The zero-order valence-corrected chi connectivity index (χ0v) is 14.5. The Hall–Kier alpha value is -2.78. The van der Waals surface area contributed by atoms with Gasteiger partial charge >= 0.3 is 0 Å². The molecule has 0 N–H and O–H groups in total. The maximum absolute atomic E-state index is 13.3. The van der Waals surface area contributed by atoms with Crippen LogP contribution in [-0.4, -0.2) is 41.9 Å². The van der Waals surface area contributed by atoms with Gasteiger partial charge in [0.05, 0.1) is 6.07 Å². The molecule has 0 spiro atoms. The molecule has 1 heterocycles. The van der Waals surface area contributed by atoms with Crippen molar-refractivity contribution in [3.05, 3.63) is 70.8 Å². The molecule has 2 aromatic carbocycles. The van der Waals surface area contributed by atoms with Crippen molar-refractivity contribution in [1.29, 1.82) is 5.26 Å². The fourth-order valence-electron chi connectivity index (χ4n) is 3.11. The van der Waals surface area contributed by atoms with E-state index in [1.807, 2.05) is 36.1 Å². The van der Waals surface area contributed by atoms with Crippen LogP contribution >= 0.6 is 0 Å². The second-order valence-electron chi connectivity index (χ2n) is 6.40. The van der Waals surface area contributed by atoms with Crippen LogP contribution in [0.5, 0.6) is 0 Å². The Kier molecular flexibility index (Phi) is 5.29. The van der Waals surface area contributed by atoms with Crippen molar-refractivity contribution in [3.8, 4) is 6.07 Å². The van der Waals surface area contributed by atoms with Crippen LogP contribution in [0, 0.1) is 29.9 Å². The predicted octanol–water partition coefficient (Wildman–Crippen LogP) is 3.30. The number of halogens is 2. The van der Waals surface area contributed by atoms with Gasteiger partial charge in [-0.25, -0.2) is 8.78 Å². The summed E-state index contributed by atoms with van der Waals surface area (Å²) in [7, 11) is 0. The minimum Gasteiger partial charge on any atom is -0.336 e. The lowest BCUT2D eigenvalue weighted by atomic mass is 10.0. The Labute approximate surface area is 151 Å². The number of amides is 1. The zero-order chi connectivity index (χ0) is 18.7. The average molecular weight is 355 g/mol. The number of nitrogens with zero attached hydrogens (tertiary/aromatic N) is 3. The third kappa shape index (κ3) is 3.73. The molecule has 1 fully saturated rings. The van der Waals surface area contributed by atoms with E-state index in [0.717, 1.165) is 23.3 Å². The molecule has 26 heavy (non-hydrogen) atoms. The van der Waals surface area contributed by atoms with Crippen LogP contribution in [0.25, 0.3) is 0 Å². The largest absolute Gasteiger partial charge is 0.336 e. The monoisotopic (exact) mass is 355 g/mol. The van der Waals surface area contributed by atoms with Gasteiger partial charge in [0.25, 0.3) is 5.91 Å². The maximum Gasteiger partial charge on any atom is 0.254 e. The first-order valence-electron chi connectivity index (χ1n) is 8.44. The Balaban J connectivity index is 1.66. The topological polar surface area (TPSA) is 47.3 Å². The Morgan fingerprint density at radius 2 is 1.69 bits per heavy atom. The summed E-state index contributed by atoms with van der Waals surface area (Å²) in [4.78, 5) is 16.1. The number of benzene rings is 2. The molecule has 0 radical (unpaired) electrons. The summed E-state index contributed by atoms with van der Waals surface area (Å²) < 4.78 is 26.4. The van der Waals surface area contributed by atoms with E-state index in [9.17, 15) is 18.8 Å². The van der Waals surface area contributed by atoms with Gasteiger partial charge in [-0.05, 0) is 30.7 Å². The molecular weight excluding hydrogens is 336 g/mol. The van der Waals surface area contributed by atoms with Gasteiger partial charge in [-0.3, -0.25) is 9.69 Å². The highest BCUT2D eigenvalue weighted by atomic mass is 19.2. The van der Waals surface area contributed by atoms with E-state index in [0.29, 0.717) is 26.2 Å². The molecule has 1 aliphatic heterocycles. The molecule has 1 aliphatic rings. The van der Waals surface area contributed by atoms with Crippen LogP contribution < -0.4 is 0 Å². The van der Waals surface area contributed by atoms with Crippen LogP contribution in [0.1, 0.15) is 27.5 Å². The van der Waals surface area contributed by atoms with Crippen molar-refractivity contribution >= 4 is 5.91 Å². The van der Waals surface area contributed by atoms with Crippen LogP contribution in [-0.2, 0) is 0 Å². The molecule has 1 unspecified atom stereocenters. The van der Waals surface area contributed by atoms with Crippen molar-refractivity contribution < 1.29 is 13.6 Å². The summed E-state index contributed by atoms with van der Waals surface area (Å²) in [6.07, 6.45) is 0. The van der Waals surface area contributed by atoms with Crippen molar-refractivity contribution in [1.82, 2.24) is 9.80 Å². The quantitative estimate of drug-likeness (QED) is 0.849. The molecule has 134 valence electrons. The summed E-state index contributed by atoms with van der Waals surface area (Å²) in [5.41, 5.74) is 2.19. The molecule has 1 amide bonds. The second-order valence-corrected chi connectivity index (χ2v) is 6.40. The number of nitriles is 1. The first-order chi connectivity index (χ1) is 12.5. The fourth-order valence-corrected chi connectivity index (χ4v) is 3.11. The SMILES string of the molecule is Cc1ccc(C(C#N)N2CCN(C(=O)c3ccc(F)c(F)c3)CC2)cc1. The summed E-state index contributed by atoms with van der Waals surface area (Å²) in [6.45, 7) is 3.95. The number of hydrogen-bond donors (Lipinski definition) is 0. The smallest absolute Gasteiger partial charge is 0.254 e. The van der Waals surface area contributed by atoms with E-state index in [2.05, 4.69) is 6.07 Å². The van der Waals surface area contributed by atoms with Crippen LogP contribution in [0.15, 0.2) is 42.5 Å². The lowest BCUT2D eigenvalue weighted by Gasteiger charge is -2.37. The van der Waals surface area contributed by atoms with E-state index in [1.165, 1.54) is 6.07 Å². The van der Waals surface area contributed by atoms with Gasteiger partial charge in [-0.2, -0.15) is 5.26 Å². The molecule has 1 atom stereocenters. The van der Waals surface area contributed by atoms with Crippen LogP contribution in [0.3, 0.4) is 0 Å². The van der Waals surface area contributed by atoms with E-state index < -0.39 is 11.6 Å². The zero-order valence-electron chi connectivity index (χ0n) is 14.5. The normalized spacial score (nSPS) is 16.2. The van der Waals surface area contributed by atoms with Gasteiger partial charge in [0.15, 0.2) is 11.6 Å². The summed E-state index contributed by atoms with van der Waals surface area (Å²) in [6, 6.07) is 13.0. The molecule has 6 heteroatoms. The van der Waals surface area contributed by atoms with Crippen molar-refractivity contribution in [2.75, 3.05) is 26.2 Å². The summed E-state index contributed by atoms with van der Waals surface area (Å²) in [5.74, 6) is -2.33. The van der Waals surface area contributed by atoms with Gasteiger partial charge in [0, 0.05) is 31.7 Å². The third-order valence-corrected chi connectivity index (χ3v) is 4.65. The van der Waals surface area contributed by atoms with Gasteiger partial charge in [0.2, 0.25) is 0 Å². The Morgan fingerprint density at radius 1 is 1.04 bits per heavy atom. The molecule has 0 aliphatic carbocycles. The number of carbonyl (C=O) groups is 1. The van der Waals surface area contributed by atoms with Crippen molar-refractivity contribution in [3.63, 3.8) is 0 Å². The molecule has 0 saturated carbocycles. The Bertz CT molecular complexity index is 837. The highest BCUT2D eigenvalue weighted by Crippen LogP contribution is 2.22. The van der Waals surface area contributed by atoms with Gasteiger partial charge in [-0.15, -0.1) is 0 Å². The fraction of sp³-hybridized carbons (Fsp3) is 0.300. The maximum atomic E-state index is 13.3. The van der Waals surface area contributed by atoms with Gasteiger partial charge < -0.3 is 4.90 Å². The first kappa shape index (κ1) is 18.0. The highest BCUT2D eigenvalue weighted by molar-refractivity contribution is 5.94. The number of piperazine rings is 1. The molecule has 2 aromatic rings. The third-order valence-electron chi connectivity index (χ3n) is 4.65. The summed E-state index contributed by atoms with van der Waals surface area (Å²) >= 11 is 0. The average Bonchev–Trinajstić information content (AvgIpc) is 2.66. The van der Waals surface area contributed by atoms with Gasteiger partial charge in [-0.1, -0.05) is 29.8 Å². The van der Waals surface area contributed by atoms with Gasteiger partial charge in [0.1, 0.15) is 6.04 Å². The molecule has 3 rings (SSSR count). The number of carbonyl (C=O) groups excluding carboxylic acids is 1. The molecule has 4 nitrogen and oxygen atoms in total. The number of hydrogen-bond acceptors (Lipinski definition) is 3. The highest BCUT2D eigenvalue weighted by Gasteiger charge is 2.27. The lowest BCUT2D eigenvalue weighted by molar-refractivity contribution is 0.0606. The van der Waals surface area contributed by atoms with Crippen molar-refractivity contribution in [2.45, 2.75) is 13.0 Å². The lowest BCUT2D eigenvalue weighted by Crippen LogP contribution is -2.49. The van der Waals surface area contributed by atoms with Crippen LogP contribution in [0.4, 0.5) is 8.78 Å². The van der Waals surface area contributed by atoms with Crippen molar-refractivity contribution in [2.24, 2.45) is 0 Å². The number of rotatable bonds is 3. The minimum atomic E-state index is -1.03. The van der Waals surface area contributed by atoms with E-state index in [1.54, 1.807) is 4.90 Å². The Morgan fingerprint density at radius 3 is 2.27 bits per heavy atom. The first-order valence-corrected chi connectivity index (χ1v) is 8.44. The second kappa shape index (κ2) is 7.63. The van der Waals surface area contributed by atoms with E-state index >= 15 is 0 Å². The molecule has 1 saturated heterocycles. The predicted molar refractivity (Wildman–Crippen MR) is 93.4 cm³/mol. The summed E-state index contributed by atoms with van der Waals surface area (Å²) in [5, 5.41) is 9.56. The number of aryl methyl sites for hydroxylation is 1.